The van der Waals surface area contributed by atoms with Crippen LogP contribution in [0, 0.1) is 28.6 Å². The van der Waals surface area contributed by atoms with Crippen molar-refractivity contribution in [1.82, 2.24) is 0 Å². The molecule has 1 aromatic carbocycles. The zero-order valence-corrected chi connectivity index (χ0v) is 8.60. The maximum absolute atomic E-state index is 11.6. The Bertz CT molecular complexity index is 521. The predicted molar refractivity (Wildman–Crippen MR) is 55.4 cm³/mol. The molecular weight excluding hydrogens is 204 g/mol. The van der Waals surface area contributed by atoms with Gasteiger partial charge in [-0.2, -0.15) is 10.5 Å². The van der Waals surface area contributed by atoms with E-state index in [1.54, 1.807) is 0 Å². The number of aldehydes is 1. The lowest BCUT2D eigenvalue weighted by molar-refractivity contribution is -0.109. The summed E-state index contributed by atoms with van der Waals surface area (Å²) in [5, 5.41) is 17.5. The second-order valence-corrected chi connectivity index (χ2v) is 3.27. The molecule has 0 radical (unpaired) electrons. The topological polar surface area (TPSA) is 81.7 Å². The molecule has 1 unspecified atom stereocenters. The van der Waals surface area contributed by atoms with Crippen molar-refractivity contribution in [2.24, 2.45) is 5.92 Å². The number of Topliss-reactive ketones (excluding diaryl/α,β-unsaturated/α-hetero) is 1. The third-order valence-electron chi connectivity index (χ3n) is 2.16. The highest BCUT2D eigenvalue weighted by molar-refractivity contribution is 6.05. The molecule has 0 aliphatic heterocycles. The Balaban J connectivity index is 3.21. The largest absolute Gasteiger partial charge is 0.303 e. The van der Waals surface area contributed by atoms with Crippen molar-refractivity contribution in [3.63, 3.8) is 0 Å². The molecule has 0 heterocycles. The molecule has 78 valence electrons. The lowest BCUT2D eigenvalue weighted by Crippen LogP contribution is -2.12. The second-order valence-electron chi connectivity index (χ2n) is 3.27. The third-order valence-corrected chi connectivity index (χ3v) is 2.16. The molecule has 1 atom stereocenters. The highest BCUT2D eigenvalue weighted by Crippen LogP contribution is 2.13. The van der Waals surface area contributed by atoms with Crippen molar-refractivity contribution < 1.29 is 9.59 Å². The van der Waals surface area contributed by atoms with Crippen LogP contribution in [0.25, 0.3) is 0 Å². The number of nitriles is 2. The van der Waals surface area contributed by atoms with Crippen molar-refractivity contribution in [3.8, 4) is 12.1 Å². The van der Waals surface area contributed by atoms with Crippen molar-refractivity contribution in [3.05, 3.63) is 34.9 Å². The molecule has 4 heteroatoms. The summed E-state index contributed by atoms with van der Waals surface area (Å²) in [7, 11) is 0. The number of benzene rings is 1. The molecule has 1 rings (SSSR count). The van der Waals surface area contributed by atoms with Gasteiger partial charge in [-0.1, -0.05) is 0 Å². The third kappa shape index (κ3) is 2.13. The van der Waals surface area contributed by atoms with Gasteiger partial charge < -0.3 is 4.79 Å². The first-order chi connectivity index (χ1) is 7.63. The first kappa shape index (κ1) is 11.6. The summed E-state index contributed by atoms with van der Waals surface area (Å²) in [5.74, 6) is -1.09. The van der Waals surface area contributed by atoms with Gasteiger partial charge in [0, 0.05) is 5.56 Å². The van der Waals surface area contributed by atoms with Crippen LogP contribution in [0.15, 0.2) is 18.2 Å². The average molecular weight is 212 g/mol. The number of ketones is 1. The average Bonchev–Trinajstić information content (AvgIpc) is 2.35. The smallest absolute Gasteiger partial charge is 0.172 e. The minimum atomic E-state index is -0.737. The van der Waals surface area contributed by atoms with Crippen LogP contribution < -0.4 is 0 Å². The SMILES string of the molecule is CC(C=O)C(=O)c1ccc(C#N)c(C#N)c1. The van der Waals surface area contributed by atoms with Crippen LogP contribution in [0.2, 0.25) is 0 Å². The maximum Gasteiger partial charge on any atom is 0.172 e. The first-order valence-electron chi connectivity index (χ1n) is 4.57. The molecular formula is C12H8N2O2. The summed E-state index contributed by atoms with van der Waals surface area (Å²) in [5.41, 5.74) is 0.638. The fourth-order valence-corrected chi connectivity index (χ4v) is 1.21. The van der Waals surface area contributed by atoms with Gasteiger partial charge in [0.05, 0.1) is 17.0 Å². The molecule has 0 saturated carbocycles. The number of carbonyl (C=O) groups is 2. The molecule has 0 fully saturated rings. The summed E-state index contributed by atoms with van der Waals surface area (Å²) in [4.78, 5) is 22.1. The van der Waals surface area contributed by atoms with Crippen LogP contribution in [-0.4, -0.2) is 12.1 Å². The lowest BCUT2D eigenvalue weighted by atomic mass is 9.97. The van der Waals surface area contributed by atoms with Crippen molar-refractivity contribution in [1.29, 1.82) is 10.5 Å². The monoisotopic (exact) mass is 212 g/mol. The minimum Gasteiger partial charge on any atom is -0.303 e. The van der Waals surface area contributed by atoms with Gasteiger partial charge in [-0.25, -0.2) is 0 Å². The Hall–Kier alpha value is -2.46. The zero-order valence-electron chi connectivity index (χ0n) is 8.60. The molecule has 0 spiro atoms. The number of carbonyl (C=O) groups excluding carboxylic acids is 2. The summed E-state index contributed by atoms with van der Waals surface area (Å²) >= 11 is 0. The van der Waals surface area contributed by atoms with Gasteiger partial charge in [-0.05, 0) is 25.1 Å². The molecule has 0 saturated heterocycles. The van der Waals surface area contributed by atoms with Crippen LogP contribution in [0.4, 0.5) is 0 Å². The van der Waals surface area contributed by atoms with Crippen molar-refractivity contribution >= 4 is 12.1 Å². The van der Waals surface area contributed by atoms with Crippen LogP contribution in [0.5, 0.6) is 0 Å². The van der Waals surface area contributed by atoms with Crippen LogP contribution in [0.3, 0.4) is 0 Å². The number of hydrogen-bond donors (Lipinski definition) is 0. The fraction of sp³-hybridized carbons (Fsp3) is 0.167. The highest BCUT2D eigenvalue weighted by atomic mass is 16.1. The molecule has 0 amide bonds. The molecule has 0 N–H and O–H groups in total. The quantitative estimate of drug-likeness (QED) is 0.431. The van der Waals surface area contributed by atoms with E-state index in [0.29, 0.717) is 6.29 Å². The fourth-order valence-electron chi connectivity index (χ4n) is 1.21. The first-order valence-corrected chi connectivity index (χ1v) is 4.57. The van der Waals surface area contributed by atoms with Gasteiger partial charge in [-0.15, -0.1) is 0 Å². The second kappa shape index (κ2) is 4.86. The van der Waals surface area contributed by atoms with Gasteiger partial charge in [-0.3, -0.25) is 4.79 Å². The van der Waals surface area contributed by atoms with Crippen molar-refractivity contribution in [2.45, 2.75) is 6.92 Å². The molecule has 0 aliphatic carbocycles. The number of rotatable bonds is 3. The molecule has 1 aromatic rings. The number of hydrogen-bond acceptors (Lipinski definition) is 4. The molecule has 0 aromatic heterocycles. The number of nitrogens with zero attached hydrogens (tertiary/aromatic N) is 2. The van der Waals surface area contributed by atoms with E-state index in [-0.39, 0.29) is 22.5 Å². The Labute approximate surface area is 92.7 Å². The zero-order chi connectivity index (χ0) is 12.1. The Morgan fingerprint density at radius 1 is 1.31 bits per heavy atom. The van der Waals surface area contributed by atoms with Crippen LogP contribution >= 0.6 is 0 Å². The van der Waals surface area contributed by atoms with E-state index in [1.165, 1.54) is 25.1 Å². The summed E-state index contributed by atoms with van der Waals surface area (Å²) in [6, 6.07) is 7.87. The lowest BCUT2D eigenvalue weighted by Gasteiger charge is -2.03. The Kier molecular flexibility index (Phi) is 3.53. The summed E-state index contributed by atoms with van der Waals surface area (Å²) in [6.07, 6.45) is 0.548. The van der Waals surface area contributed by atoms with Crippen LogP contribution in [-0.2, 0) is 4.79 Å². The molecule has 0 bridgehead atoms. The summed E-state index contributed by atoms with van der Waals surface area (Å²) < 4.78 is 0. The highest BCUT2D eigenvalue weighted by Gasteiger charge is 2.15. The van der Waals surface area contributed by atoms with Gasteiger partial charge in [0.25, 0.3) is 0 Å². The van der Waals surface area contributed by atoms with Crippen molar-refractivity contribution in [2.75, 3.05) is 0 Å². The van der Waals surface area contributed by atoms with Gasteiger partial charge in [0.15, 0.2) is 5.78 Å². The standard InChI is InChI=1S/C12H8N2O2/c1-8(7-15)12(16)9-2-3-10(5-13)11(4-9)6-14/h2-4,7-8H,1H3. The van der Waals surface area contributed by atoms with Gasteiger partial charge in [0.1, 0.15) is 18.4 Å². The Morgan fingerprint density at radius 3 is 2.44 bits per heavy atom. The minimum absolute atomic E-state index is 0.145. The summed E-state index contributed by atoms with van der Waals surface area (Å²) in [6.45, 7) is 1.49. The maximum atomic E-state index is 11.6. The van der Waals surface area contributed by atoms with E-state index in [4.69, 9.17) is 10.5 Å². The van der Waals surface area contributed by atoms with E-state index in [2.05, 4.69) is 0 Å². The predicted octanol–water partition coefficient (Wildman–Crippen LogP) is 1.45. The molecule has 0 aliphatic rings. The molecule has 16 heavy (non-hydrogen) atoms. The van der Waals surface area contributed by atoms with E-state index in [0.717, 1.165) is 0 Å². The Morgan fingerprint density at radius 2 is 1.94 bits per heavy atom. The van der Waals surface area contributed by atoms with E-state index < -0.39 is 5.92 Å². The van der Waals surface area contributed by atoms with E-state index >= 15 is 0 Å². The van der Waals surface area contributed by atoms with Crippen LogP contribution in [0.1, 0.15) is 28.4 Å². The van der Waals surface area contributed by atoms with E-state index in [1.807, 2.05) is 12.1 Å². The van der Waals surface area contributed by atoms with E-state index in [9.17, 15) is 9.59 Å². The normalized spacial score (nSPS) is 10.9. The molecule has 4 nitrogen and oxygen atoms in total. The van der Waals surface area contributed by atoms with Gasteiger partial charge >= 0.3 is 0 Å². The van der Waals surface area contributed by atoms with Gasteiger partial charge in [0.2, 0.25) is 0 Å².